The Balaban J connectivity index is 2.25. The largest absolute Gasteiger partial charge is 0.436 e. The van der Waals surface area contributed by atoms with Gasteiger partial charge in [0.2, 0.25) is 5.88 Å². The topological polar surface area (TPSA) is 48.1 Å². The summed E-state index contributed by atoms with van der Waals surface area (Å²) in [4.78, 5) is 4.02. The van der Waals surface area contributed by atoms with Crippen LogP contribution in [0.25, 0.3) is 0 Å². The van der Waals surface area contributed by atoms with Crippen molar-refractivity contribution < 1.29 is 9.13 Å². The van der Waals surface area contributed by atoms with E-state index >= 15 is 0 Å². The number of nitrogens with two attached hydrogens (primary N) is 1. The van der Waals surface area contributed by atoms with Gasteiger partial charge in [-0.1, -0.05) is 15.9 Å². The van der Waals surface area contributed by atoms with Gasteiger partial charge in [0.15, 0.2) is 11.6 Å². The maximum absolute atomic E-state index is 13.6. The lowest BCUT2D eigenvalue weighted by atomic mass is 10.1. The molecule has 1 aromatic heterocycles. The van der Waals surface area contributed by atoms with E-state index in [-0.39, 0.29) is 11.8 Å². The Labute approximate surface area is 113 Å². The fourth-order valence-electron chi connectivity index (χ4n) is 1.43. The van der Waals surface area contributed by atoms with Crippen molar-refractivity contribution in [3.8, 4) is 11.6 Å². The van der Waals surface area contributed by atoms with E-state index in [9.17, 15) is 4.39 Å². The molecular weight excluding hydrogens is 299 g/mol. The Morgan fingerprint density at radius 1 is 1.33 bits per heavy atom. The highest BCUT2D eigenvalue weighted by Gasteiger charge is 2.07. The van der Waals surface area contributed by atoms with Gasteiger partial charge in [0.1, 0.15) is 0 Å². The average Bonchev–Trinajstić information content (AvgIpc) is 2.33. The summed E-state index contributed by atoms with van der Waals surface area (Å²) in [6.07, 6.45) is 1.59. The number of aromatic nitrogens is 1. The second kappa shape index (κ2) is 5.46. The van der Waals surface area contributed by atoms with Crippen LogP contribution >= 0.6 is 15.9 Å². The first-order valence-electron chi connectivity index (χ1n) is 5.40. The van der Waals surface area contributed by atoms with Crippen LogP contribution < -0.4 is 10.5 Å². The molecule has 2 aromatic rings. The van der Waals surface area contributed by atoms with Crippen LogP contribution in [-0.4, -0.2) is 4.98 Å². The van der Waals surface area contributed by atoms with E-state index < -0.39 is 5.82 Å². The molecule has 0 bridgehead atoms. The zero-order valence-corrected chi connectivity index (χ0v) is 11.3. The first-order valence-corrected chi connectivity index (χ1v) is 6.20. The number of halogens is 2. The van der Waals surface area contributed by atoms with Gasteiger partial charge in [-0.3, -0.25) is 0 Å². The standard InChI is InChI=1S/C13H12BrFN2O/c1-8(16)9-4-5-17-13(6-9)18-12-3-2-10(14)7-11(12)15/h2-8H,16H2,1H3. The normalized spacial score (nSPS) is 12.2. The van der Waals surface area contributed by atoms with Crippen LogP contribution in [0.5, 0.6) is 11.6 Å². The number of rotatable bonds is 3. The number of hydrogen-bond donors (Lipinski definition) is 1. The van der Waals surface area contributed by atoms with Crippen molar-refractivity contribution in [2.45, 2.75) is 13.0 Å². The lowest BCUT2D eigenvalue weighted by Gasteiger charge is -2.09. The van der Waals surface area contributed by atoms with Crippen LogP contribution in [0.1, 0.15) is 18.5 Å². The highest BCUT2D eigenvalue weighted by Crippen LogP contribution is 2.26. The third-order valence-corrected chi connectivity index (χ3v) is 2.89. The maximum atomic E-state index is 13.6. The van der Waals surface area contributed by atoms with Crippen LogP contribution in [0.15, 0.2) is 41.0 Å². The van der Waals surface area contributed by atoms with Crippen LogP contribution in [0.4, 0.5) is 4.39 Å². The molecule has 2 rings (SSSR count). The SMILES string of the molecule is CC(N)c1ccnc(Oc2ccc(Br)cc2F)c1. The Kier molecular flexibility index (Phi) is 3.93. The Morgan fingerprint density at radius 3 is 2.78 bits per heavy atom. The predicted octanol–water partition coefficient (Wildman–Crippen LogP) is 3.80. The monoisotopic (exact) mass is 310 g/mol. The summed E-state index contributed by atoms with van der Waals surface area (Å²) in [6, 6.07) is 7.96. The van der Waals surface area contributed by atoms with Crippen LogP contribution in [0, 0.1) is 5.82 Å². The molecule has 0 saturated heterocycles. The molecule has 2 N–H and O–H groups in total. The third-order valence-electron chi connectivity index (χ3n) is 2.39. The first kappa shape index (κ1) is 13.0. The minimum atomic E-state index is -0.447. The molecule has 1 unspecified atom stereocenters. The van der Waals surface area contributed by atoms with Crippen molar-refractivity contribution >= 4 is 15.9 Å². The van der Waals surface area contributed by atoms with Gasteiger partial charge >= 0.3 is 0 Å². The molecule has 18 heavy (non-hydrogen) atoms. The molecule has 94 valence electrons. The van der Waals surface area contributed by atoms with E-state index in [2.05, 4.69) is 20.9 Å². The fraction of sp³-hybridized carbons (Fsp3) is 0.154. The molecule has 3 nitrogen and oxygen atoms in total. The smallest absolute Gasteiger partial charge is 0.219 e. The summed E-state index contributed by atoms with van der Waals surface area (Å²) in [6.45, 7) is 1.86. The van der Waals surface area contributed by atoms with Gasteiger partial charge in [-0.2, -0.15) is 0 Å². The van der Waals surface area contributed by atoms with Crippen molar-refractivity contribution in [2.75, 3.05) is 0 Å². The molecular formula is C13H12BrFN2O. The lowest BCUT2D eigenvalue weighted by molar-refractivity contribution is 0.426. The summed E-state index contributed by atoms with van der Waals surface area (Å²) in [5.41, 5.74) is 6.65. The minimum absolute atomic E-state index is 0.120. The van der Waals surface area contributed by atoms with Crippen molar-refractivity contribution in [1.82, 2.24) is 4.98 Å². The molecule has 5 heteroatoms. The number of ether oxygens (including phenoxy) is 1. The van der Waals surface area contributed by atoms with E-state index in [0.29, 0.717) is 10.4 Å². The fourth-order valence-corrected chi connectivity index (χ4v) is 1.77. The van der Waals surface area contributed by atoms with Gasteiger partial charge in [-0.25, -0.2) is 9.37 Å². The Bertz CT molecular complexity index is 560. The third kappa shape index (κ3) is 3.05. The van der Waals surface area contributed by atoms with Crippen molar-refractivity contribution in [2.24, 2.45) is 5.73 Å². The summed E-state index contributed by atoms with van der Waals surface area (Å²) < 4.78 is 19.6. The number of hydrogen-bond acceptors (Lipinski definition) is 3. The van der Waals surface area contributed by atoms with Gasteiger partial charge in [0.25, 0.3) is 0 Å². The number of benzene rings is 1. The van der Waals surface area contributed by atoms with Crippen LogP contribution in [0.3, 0.4) is 0 Å². The van der Waals surface area contributed by atoms with E-state index in [0.717, 1.165) is 5.56 Å². The molecule has 0 fully saturated rings. The summed E-state index contributed by atoms with van der Waals surface area (Å²) in [5, 5.41) is 0. The molecule has 0 saturated carbocycles. The van der Waals surface area contributed by atoms with Gasteiger partial charge < -0.3 is 10.5 Å². The van der Waals surface area contributed by atoms with Crippen molar-refractivity contribution in [3.05, 3.63) is 52.4 Å². The summed E-state index contributed by atoms with van der Waals surface area (Å²) in [5.74, 6) is 0.0101. The zero-order valence-electron chi connectivity index (χ0n) is 9.73. The average molecular weight is 311 g/mol. The molecule has 1 aromatic carbocycles. The Hall–Kier alpha value is -1.46. The van der Waals surface area contributed by atoms with Gasteiger partial charge in [-0.05, 0) is 36.8 Å². The Morgan fingerprint density at radius 2 is 2.11 bits per heavy atom. The molecule has 0 aliphatic heterocycles. The molecule has 0 radical (unpaired) electrons. The first-order chi connectivity index (χ1) is 8.56. The zero-order chi connectivity index (χ0) is 13.1. The van der Waals surface area contributed by atoms with E-state index in [1.165, 1.54) is 6.07 Å². The van der Waals surface area contributed by atoms with Gasteiger partial charge in [-0.15, -0.1) is 0 Å². The van der Waals surface area contributed by atoms with E-state index in [4.69, 9.17) is 10.5 Å². The lowest BCUT2D eigenvalue weighted by Crippen LogP contribution is -2.05. The van der Waals surface area contributed by atoms with Crippen LogP contribution in [0.2, 0.25) is 0 Å². The van der Waals surface area contributed by atoms with Crippen molar-refractivity contribution in [1.29, 1.82) is 0 Å². The van der Waals surface area contributed by atoms with Crippen molar-refractivity contribution in [3.63, 3.8) is 0 Å². The minimum Gasteiger partial charge on any atom is -0.436 e. The second-order valence-electron chi connectivity index (χ2n) is 3.89. The number of pyridine rings is 1. The summed E-state index contributed by atoms with van der Waals surface area (Å²) in [7, 11) is 0. The molecule has 0 amide bonds. The molecule has 0 aliphatic carbocycles. The molecule has 1 atom stereocenters. The summed E-state index contributed by atoms with van der Waals surface area (Å²) >= 11 is 3.18. The number of nitrogens with zero attached hydrogens (tertiary/aromatic N) is 1. The highest BCUT2D eigenvalue weighted by atomic mass is 79.9. The van der Waals surface area contributed by atoms with Crippen LogP contribution in [-0.2, 0) is 0 Å². The quantitative estimate of drug-likeness (QED) is 0.938. The second-order valence-corrected chi connectivity index (χ2v) is 4.81. The molecule has 0 spiro atoms. The predicted molar refractivity (Wildman–Crippen MR) is 71.0 cm³/mol. The maximum Gasteiger partial charge on any atom is 0.219 e. The van der Waals surface area contributed by atoms with Gasteiger partial charge in [0.05, 0.1) is 0 Å². The van der Waals surface area contributed by atoms with E-state index in [1.807, 2.05) is 6.92 Å². The van der Waals surface area contributed by atoms with E-state index in [1.54, 1.807) is 30.5 Å². The van der Waals surface area contributed by atoms with Gasteiger partial charge in [0, 0.05) is 22.8 Å². The molecule has 1 heterocycles. The highest BCUT2D eigenvalue weighted by molar-refractivity contribution is 9.10. The molecule has 0 aliphatic rings.